The van der Waals surface area contributed by atoms with Crippen molar-refractivity contribution in [3.63, 3.8) is 0 Å². The van der Waals surface area contributed by atoms with Gasteiger partial charge in [0.2, 0.25) is 0 Å². The Balaban J connectivity index is 1.69. The number of nitrogens with one attached hydrogen (secondary N) is 1. The van der Waals surface area contributed by atoms with Crippen LogP contribution in [0.5, 0.6) is 0 Å². The van der Waals surface area contributed by atoms with Crippen LogP contribution in [-0.2, 0) is 6.54 Å². The Morgan fingerprint density at radius 2 is 1.88 bits per heavy atom. The van der Waals surface area contributed by atoms with Gasteiger partial charge in [-0.1, -0.05) is 48.0 Å². The molecule has 1 heterocycles. The summed E-state index contributed by atoms with van der Waals surface area (Å²) < 4.78 is 0. The molecule has 132 valence electrons. The molecule has 26 heavy (non-hydrogen) atoms. The minimum absolute atomic E-state index is 0.0295. The highest BCUT2D eigenvalue weighted by molar-refractivity contribution is 6.30. The maximum Gasteiger partial charge on any atom is 0.255 e. The van der Waals surface area contributed by atoms with Gasteiger partial charge in [0.1, 0.15) is 5.82 Å². The number of aromatic nitrogens is 1. The number of amides is 1. The number of hydrogen-bond acceptors (Lipinski definition) is 3. The number of halogens is 1. The van der Waals surface area contributed by atoms with Gasteiger partial charge in [0.05, 0.1) is 5.56 Å². The molecule has 0 atom stereocenters. The topological polar surface area (TPSA) is 45.2 Å². The highest BCUT2D eigenvalue weighted by atomic mass is 35.5. The van der Waals surface area contributed by atoms with Crippen LogP contribution < -0.4 is 5.32 Å². The van der Waals surface area contributed by atoms with E-state index in [0.717, 1.165) is 11.3 Å². The lowest BCUT2D eigenvalue weighted by Crippen LogP contribution is -2.30. The van der Waals surface area contributed by atoms with E-state index in [2.05, 4.69) is 10.3 Å². The minimum atomic E-state index is -0.0295. The maximum atomic E-state index is 12.7. The van der Waals surface area contributed by atoms with Crippen molar-refractivity contribution in [1.82, 2.24) is 9.88 Å². The van der Waals surface area contributed by atoms with Crippen LogP contribution in [0.15, 0.2) is 72.9 Å². The fraction of sp³-hybridized carbons (Fsp3) is 0.143. The van der Waals surface area contributed by atoms with Gasteiger partial charge in [-0.2, -0.15) is 0 Å². The molecule has 1 aromatic heterocycles. The summed E-state index contributed by atoms with van der Waals surface area (Å²) in [5, 5.41) is 3.83. The van der Waals surface area contributed by atoms with Crippen LogP contribution in [0.2, 0.25) is 5.02 Å². The van der Waals surface area contributed by atoms with Crippen LogP contribution in [0.1, 0.15) is 22.8 Å². The Kier molecular flexibility index (Phi) is 5.87. The molecule has 0 saturated carbocycles. The fourth-order valence-electron chi connectivity index (χ4n) is 2.62. The molecule has 0 bridgehead atoms. The zero-order chi connectivity index (χ0) is 18.4. The van der Waals surface area contributed by atoms with Gasteiger partial charge >= 0.3 is 0 Å². The number of rotatable bonds is 6. The first kappa shape index (κ1) is 18.0. The van der Waals surface area contributed by atoms with Crippen molar-refractivity contribution in [1.29, 1.82) is 0 Å². The second-order valence-corrected chi connectivity index (χ2v) is 6.31. The van der Waals surface area contributed by atoms with Crippen LogP contribution >= 0.6 is 11.6 Å². The van der Waals surface area contributed by atoms with Crippen LogP contribution in [0, 0.1) is 0 Å². The Morgan fingerprint density at radius 1 is 1.08 bits per heavy atom. The van der Waals surface area contributed by atoms with Crippen molar-refractivity contribution >= 4 is 29.0 Å². The molecule has 0 unspecified atom stereocenters. The average Bonchev–Trinajstić information content (AvgIpc) is 2.67. The second-order valence-electron chi connectivity index (χ2n) is 5.87. The van der Waals surface area contributed by atoms with Crippen LogP contribution in [-0.4, -0.2) is 22.3 Å². The van der Waals surface area contributed by atoms with Gasteiger partial charge in [-0.25, -0.2) is 4.98 Å². The molecule has 0 fully saturated rings. The molecule has 0 aliphatic rings. The molecule has 3 rings (SSSR count). The van der Waals surface area contributed by atoms with Gasteiger partial charge < -0.3 is 10.2 Å². The molecule has 3 aromatic rings. The minimum Gasteiger partial charge on any atom is -0.340 e. The number of carbonyl (C=O) groups is 1. The number of carbonyl (C=O) groups excluding carboxylic acids is 1. The molecule has 4 nitrogen and oxygen atoms in total. The van der Waals surface area contributed by atoms with E-state index in [4.69, 9.17) is 11.6 Å². The SMILES string of the molecule is CCN(Cc1ccccc1)C(=O)c1ccc(Nc2cccc(Cl)c2)nc1. The summed E-state index contributed by atoms with van der Waals surface area (Å²) in [6, 6.07) is 21.0. The van der Waals surface area contributed by atoms with E-state index in [1.54, 1.807) is 23.2 Å². The van der Waals surface area contributed by atoms with Gasteiger partial charge in [0, 0.05) is 30.0 Å². The molecular weight excluding hydrogens is 346 g/mol. The van der Waals surface area contributed by atoms with Crippen LogP contribution in [0.4, 0.5) is 11.5 Å². The smallest absolute Gasteiger partial charge is 0.255 e. The van der Waals surface area contributed by atoms with Crippen molar-refractivity contribution < 1.29 is 4.79 Å². The number of hydrogen-bond donors (Lipinski definition) is 1. The van der Waals surface area contributed by atoms with Gasteiger partial charge in [-0.3, -0.25) is 4.79 Å². The third-order valence-electron chi connectivity index (χ3n) is 3.99. The Bertz CT molecular complexity index is 866. The molecule has 0 radical (unpaired) electrons. The standard InChI is InChI=1S/C21H20ClN3O/c1-2-25(15-16-7-4-3-5-8-16)21(26)17-11-12-20(23-14-17)24-19-10-6-9-18(22)13-19/h3-14H,2,15H2,1H3,(H,23,24). The highest BCUT2D eigenvalue weighted by Crippen LogP contribution is 2.19. The summed E-state index contributed by atoms with van der Waals surface area (Å²) in [6.07, 6.45) is 1.60. The lowest BCUT2D eigenvalue weighted by Gasteiger charge is -2.21. The number of nitrogens with zero attached hydrogens (tertiary/aromatic N) is 2. The zero-order valence-corrected chi connectivity index (χ0v) is 15.3. The van der Waals surface area contributed by atoms with E-state index >= 15 is 0 Å². The average molecular weight is 366 g/mol. The Labute approximate surface area is 158 Å². The predicted octanol–water partition coefficient (Wildman–Crippen LogP) is 5.14. The molecule has 5 heteroatoms. The highest BCUT2D eigenvalue weighted by Gasteiger charge is 2.15. The van der Waals surface area contributed by atoms with E-state index in [1.807, 2.05) is 61.5 Å². The molecule has 2 aromatic carbocycles. The summed E-state index contributed by atoms with van der Waals surface area (Å²) in [5.41, 5.74) is 2.53. The lowest BCUT2D eigenvalue weighted by molar-refractivity contribution is 0.0752. The van der Waals surface area contributed by atoms with Gasteiger partial charge in [-0.05, 0) is 42.8 Å². The normalized spacial score (nSPS) is 10.4. The van der Waals surface area contributed by atoms with E-state index in [-0.39, 0.29) is 5.91 Å². The van der Waals surface area contributed by atoms with Crippen molar-refractivity contribution in [2.45, 2.75) is 13.5 Å². The molecule has 0 aliphatic heterocycles. The Morgan fingerprint density at radius 3 is 2.54 bits per heavy atom. The predicted molar refractivity (Wildman–Crippen MR) is 106 cm³/mol. The number of benzene rings is 2. The van der Waals surface area contributed by atoms with Crippen LogP contribution in [0.3, 0.4) is 0 Å². The van der Waals surface area contributed by atoms with E-state index in [1.165, 1.54) is 0 Å². The molecule has 1 amide bonds. The quantitative estimate of drug-likeness (QED) is 0.657. The first-order valence-corrected chi connectivity index (χ1v) is 8.85. The molecule has 0 saturated heterocycles. The van der Waals surface area contributed by atoms with Gasteiger partial charge in [0.25, 0.3) is 5.91 Å². The number of pyridine rings is 1. The van der Waals surface area contributed by atoms with Crippen molar-refractivity contribution in [3.8, 4) is 0 Å². The zero-order valence-electron chi connectivity index (χ0n) is 14.5. The first-order chi connectivity index (χ1) is 12.7. The van der Waals surface area contributed by atoms with Gasteiger partial charge in [0.15, 0.2) is 0 Å². The van der Waals surface area contributed by atoms with Gasteiger partial charge in [-0.15, -0.1) is 0 Å². The Hall–Kier alpha value is -2.85. The first-order valence-electron chi connectivity index (χ1n) is 8.47. The second kappa shape index (κ2) is 8.50. The third kappa shape index (κ3) is 4.61. The van der Waals surface area contributed by atoms with Crippen LogP contribution in [0.25, 0.3) is 0 Å². The number of anilines is 2. The van der Waals surface area contributed by atoms with E-state index in [9.17, 15) is 4.79 Å². The summed E-state index contributed by atoms with van der Waals surface area (Å²) in [5.74, 6) is 0.632. The van der Waals surface area contributed by atoms with Crippen molar-refractivity contribution in [2.75, 3.05) is 11.9 Å². The summed E-state index contributed by atoms with van der Waals surface area (Å²) in [6.45, 7) is 3.19. The third-order valence-corrected chi connectivity index (χ3v) is 4.23. The summed E-state index contributed by atoms with van der Waals surface area (Å²) in [7, 11) is 0. The van der Waals surface area contributed by atoms with E-state index in [0.29, 0.717) is 29.5 Å². The monoisotopic (exact) mass is 365 g/mol. The molecule has 0 spiro atoms. The largest absolute Gasteiger partial charge is 0.340 e. The summed E-state index contributed by atoms with van der Waals surface area (Å²) >= 11 is 5.98. The fourth-order valence-corrected chi connectivity index (χ4v) is 2.81. The maximum absolute atomic E-state index is 12.7. The lowest BCUT2D eigenvalue weighted by atomic mass is 10.2. The van der Waals surface area contributed by atoms with Crippen molar-refractivity contribution in [3.05, 3.63) is 89.1 Å². The molecule has 1 N–H and O–H groups in total. The molecule has 0 aliphatic carbocycles. The van der Waals surface area contributed by atoms with E-state index < -0.39 is 0 Å². The molecular formula is C21H20ClN3O. The van der Waals surface area contributed by atoms with Crippen molar-refractivity contribution in [2.24, 2.45) is 0 Å². The summed E-state index contributed by atoms with van der Waals surface area (Å²) in [4.78, 5) is 18.9.